The van der Waals surface area contributed by atoms with Gasteiger partial charge in [0.1, 0.15) is 12.4 Å². The first-order valence-electron chi connectivity index (χ1n) is 15.2. The molecule has 3 aliphatic carbocycles. The second-order valence-electron chi connectivity index (χ2n) is 12.8. The maximum absolute atomic E-state index is 17.0. The average molecular weight is 609 g/mol. The number of ether oxygens (including phenoxy) is 1. The Balaban J connectivity index is 1.25. The number of fused-ring (bicyclic) bond motifs is 4. The Hall–Kier alpha value is -3.29. The molecule has 4 fully saturated rings. The van der Waals surface area contributed by atoms with Crippen molar-refractivity contribution in [2.45, 2.75) is 74.7 Å². The molecule has 4 heterocycles. The van der Waals surface area contributed by atoms with E-state index >= 15 is 4.39 Å². The fourth-order valence-electron chi connectivity index (χ4n) is 8.31. The van der Waals surface area contributed by atoms with E-state index in [0.29, 0.717) is 67.3 Å². The van der Waals surface area contributed by atoms with Gasteiger partial charge in [-0.15, -0.1) is 0 Å². The average Bonchev–Trinajstić information content (AvgIpc) is 3.61. The van der Waals surface area contributed by atoms with Gasteiger partial charge in [-0.3, -0.25) is 9.69 Å². The number of carbonyl (C=O) groups excluding carboxylic acids is 1. The second kappa shape index (κ2) is 10.7. The third-order valence-corrected chi connectivity index (χ3v) is 11.2. The highest BCUT2D eigenvalue weighted by molar-refractivity contribution is 6.31. The Morgan fingerprint density at radius 1 is 1.23 bits per heavy atom. The Kier molecular flexibility index (Phi) is 7.09. The van der Waals surface area contributed by atoms with Crippen LogP contribution >= 0.6 is 11.6 Å². The topological polar surface area (TPSA) is 85.6 Å². The van der Waals surface area contributed by atoms with E-state index in [0.717, 1.165) is 16.7 Å². The number of aromatic nitrogens is 2. The molecule has 4 atom stereocenters. The fourth-order valence-corrected chi connectivity index (χ4v) is 8.58. The molecule has 43 heavy (non-hydrogen) atoms. The van der Waals surface area contributed by atoms with Gasteiger partial charge in [-0.2, -0.15) is 15.2 Å². The summed E-state index contributed by atoms with van der Waals surface area (Å²) >= 11 is 6.54. The number of anilines is 1. The van der Waals surface area contributed by atoms with Crippen molar-refractivity contribution in [2.24, 2.45) is 5.92 Å². The van der Waals surface area contributed by atoms with Crippen LogP contribution in [0.2, 0.25) is 5.02 Å². The highest BCUT2D eigenvalue weighted by atomic mass is 35.5. The normalized spacial score (nSPS) is 30.9. The Morgan fingerprint density at radius 3 is 2.70 bits per heavy atom. The molecule has 1 saturated carbocycles. The van der Waals surface area contributed by atoms with Crippen molar-refractivity contribution in [1.82, 2.24) is 19.8 Å². The number of hydrogen-bond acceptors (Lipinski definition) is 7. The molecule has 1 amide bonds. The molecule has 2 bridgehead atoms. The van der Waals surface area contributed by atoms with Gasteiger partial charge < -0.3 is 14.5 Å². The third-order valence-electron chi connectivity index (χ3n) is 10.8. The van der Waals surface area contributed by atoms with Crippen LogP contribution in [0.25, 0.3) is 0 Å². The van der Waals surface area contributed by atoms with E-state index in [1.807, 2.05) is 23.1 Å². The van der Waals surface area contributed by atoms with Gasteiger partial charge in [0.2, 0.25) is 0 Å². The monoisotopic (exact) mass is 608 g/mol. The maximum atomic E-state index is 17.0. The van der Waals surface area contributed by atoms with Crippen LogP contribution in [0.15, 0.2) is 30.6 Å². The van der Waals surface area contributed by atoms with Gasteiger partial charge in [-0.05, 0) is 68.7 Å². The lowest BCUT2D eigenvalue weighted by molar-refractivity contribution is -0.131. The van der Waals surface area contributed by atoms with Crippen molar-refractivity contribution in [3.05, 3.63) is 58.0 Å². The molecular weight excluding hydrogens is 574 g/mol. The van der Waals surface area contributed by atoms with Crippen LogP contribution in [-0.4, -0.2) is 77.1 Å². The highest BCUT2D eigenvalue weighted by Crippen LogP contribution is 2.57. The van der Waals surface area contributed by atoms with Crippen LogP contribution in [0.5, 0.6) is 6.01 Å². The number of nitrogens with zero attached hydrogens (tertiary/aromatic N) is 6. The van der Waals surface area contributed by atoms with E-state index < -0.39 is 29.4 Å². The predicted octanol–water partition coefficient (Wildman–Crippen LogP) is 4.86. The van der Waals surface area contributed by atoms with Crippen LogP contribution < -0.4 is 9.64 Å². The third kappa shape index (κ3) is 4.50. The van der Waals surface area contributed by atoms with Crippen molar-refractivity contribution in [1.29, 1.82) is 5.26 Å². The number of halogens is 3. The first-order valence-corrected chi connectivity index (χ1v) is 15.5. The van der Waals surface area contributed by atoms with Gasteiger partial charge in [0.05, 0.1) is 24.2 Å². The summed E-state index contributed by atoms with van der Waals surface area (Å²) in [6, 6.07) is 8.31. The summed E-state index contributed by atoms with van der Waals surface area (Å²) in [5.74, 6) is -0.701. The largest absolute Gasteiger partial charge is 0.462 e. The van der Waals surface area contributed by atoms with Crippen molar-refractivity contribution >= 4 is 23.3 Å². The zero-order chi connectivity index (χ0) is 30.0. The first kappa shape index (κ1) is 28.5. The van der Waals surface area contributed by atoms with E-state index in [-0.39, 0.29) is 31.6 Å². The number of benzene rings is 1. The molecule has 0 N–H and O–H groups in total. The van der Waals surface area contributed by atoms with Crippen LogP contribution in [0.3, 0.4) is 0 Å². The molecule has 226 valence electrons. The first-order chi connectivity index (χ1) is 20.7. The van der Waals surface area contributed by atoms with E-state index in [1.54, 1.807) is 0 Å². The Bertz CT molecular complexity index is 1530. The standard InChI is InChI=1S/C32H35ClF2N6O2/c1-18(34)30(42)41-13-12-40(16-20(41)8-11-36)29-23-7-10-32(9-6-22-24(32)4-3-5-25(22)33)28(35)27(23)37-31(38-29)43-17-26-19-14-21(15-19)39(26)2/h3-5,19-21,26,28H,1,6-10,12-17H2,2H3/t19?,20-,21?,26?,28-,32+/m0/s1. The minimum atomic E-state index is -1.38. The number of carbonyl (C=O) groups is 1. The van der Waals surface area contributed by atoms with Crippen LogP contribution in [0.4, 0.5) is 14.6 Å². The summed E-state index contributed by atoms with van der Waals surface area (Å²) in [5, 5.41) is 10.2. The molecule has 1 aromatic carbocycles. The molecule has 0 radical (unpaired) electrons. The molecule has 3 aliphatic heterocycles. The molecule has 1 aromatic heterocycles. The van der Waals surface area contributed by atoms with Gasteiger partial charge in [-0.1, -0.05) is 30.3 Å². The summed E-state index contributed by atoms with van der Waals surface area (Å²) in [6.45, 7) is 4.37. The van der Waals surface area contributed by atoms with Gasteiger partial charge in [0, 0.05) is 47.7 Å². The molecule has 2 aromatic rings. The van der Waals surface area contributed by atoms with Crippen molar-refractivity contribution in [2.75, 3.05) is 38.2 Å². The van der Waals surface area contributed by atoms with E-state index in [1.165, 1.54) is 17.7 Å². The number of rotatable bonds is 6. The summed E-state index contributed by atoms with van der Waals surface area (Å²) in [5.41, 5.74) is 2.32. The molecular formula is C32H35ClF2N6O2. The van der Waals surface area contributed by atoms with Crippen molar-refractivity contribution in [3.63, 3.8) is 0 Å². The lowest BCUT2D eigenvalue weighted by Gasteiger charge is -2.43. The molecule has 1 spiro atoms. The minimum absolute atomic E-state index is 0.0229. The van der Waals surface area contributed by atoms with Gasteiger partial charge in [-0.25, -0.2) is 8.78 Å². The molecule has 8 rings (SSSR count). The summed E-state index contributed by atoms with van der Waals surface area (Å²) < 4.78 is 37.1. The summed E-state index contributed by atoms with van der Waals surface area (Å²) in [6.07, 6.45) is 3.51. The van der Waals surface area contributed by atoms with Crippen LogP contribution in [0, 0.1) is 17.2 Å². The lowest BCUT2D eigenvalue weighted by Crippen LogP contribution is -2.55. The molecule has 6 aliphatic rings. The smallest absolute Gasteiger partial charge is 0.318 e. The van der Waals surface area contributed by atoms with Crippen LogP contribution in [-0.2, 0) is 23.1 Å². The van der Waals surface area contributed by atoms with Crippen molar-refractivity contribution in [3.8, 4) is 12.1 Å². The van der Waals surface area contributed by atoms with Gasteiger partial charge in [0.25, 0.3) is 5.91 Å². The number of nitriles is 1. The van der Waals surface area contributed by atoms with E-state index in [2.05, 4.69) is 24.6 Å². The molecule has 11 heteroatoms. The van der Waals surface area contributed by atoms with E-state index in [9.17, 15) is 14.4 Å². The maximum Gasteiger partial charge on any atom is 0.318 e. The molecule has 8 nitrogen and oxygen atoms in total. The summed E-state index contributed by atoms with van der Waals surface area (Å²) in [4.78, 5) is 27.8. The fraction of sp³-hybridized carbons (Fsp3) is 0.562. The molecule has 3 saturated heterocycles. The number of piperazine rings is 1. The van der Waals surface area contributed by atoms with Crippen molar-refractivity contribution < 1.29 is 18.3 Å². The number of likely N-dealkylation sites (N-methyl/N-ethyl adjacent to an activating group) is 1. The number of alkyl halides is 1. The SMILES string of the molecule is C=C(F)C(=O)N1CCN(c2nc(OCC3C4CC(C4)N3C)nc3c2CC[C@@]2(CCc4c(Cl)cccc42)[C@H]3F)C[C@@H]1CC#N. The zero-order valence-corrected chi connectivity index (χ0v) is 25.0. The number of hydrogen-bond donors (Lipinski definition) is 0. The van der Waals surface area contributed by atoms with Gasteiger partial charge >= 0.3 is 6.01 Å². The lowest BCUT2D eigenvalue weighted by atomic mass is 9.68. The van der Waals surface area contributed by atoms with E-state index in [4.69, 9.17) is 26.3 Å². The molecule has 1 unspecified atom stereocenters. The second-order valence-corrected chi connectivity index (χ2v) is 13.2. The van der Waals surface area contributed by atoms with Crippen LogP contribution in [0.1, 0.15) is 60.7 Å². The predicted molar refractivity (Wildman–Crippen MR) is 157 cm³/mol. The number of amides is 1. The quantitative estimate of drug-likeness (QED) is 0.433. The Morgan fingerprint density at radius 2 is 2.00 bits per heavy atom. The zero-order valence-electron chi connectivity index (χ0n) is 24.2. The minimum Gasteiger partial charge on any atom is -0.462 e. The summed E-state index contributed by atoms with van der Waals surface area (Å²) in [7, 11) is 2.12. The Labute approximate surface area is 255 Å². The van der Waals surface area contributed by atoms with Gasteiger partial charge in [0.15, 0.2) is 12.0 Å². The highest BCUT2D eigenvalue weighted by Gasteiger charge is 2.52.